The van der Waals surface area contributed by atoms with Crippen LogP contribution in [0.2, 0.25) is 0 Å². The fourth-order valence-electron chi connectivity index (χ4n) is 2.05. The normalized spacial score (nSPS) is 10.8. The Morgan fingerprint density at radius 3 is 2.65 bits per heavy atom. The van der Waals surface area contributed by atoms with Gasteiger partial charge in [-0.25, -0.2) is 4.79 Å². The van der Waals surface area contributed by atoms with Crippen molar-refractivity contribution in [3.8, 4) is 0 Å². The molecule has 0 radical (unpaired) electrons. The van der Waals surface area contributed by atoms with E-state index in [-0.39, 0.29) is 5.63 Å². The lowest BCUT2D eigenvalue weighted by Crippen LogP contribution is -2.03. The molecule has 0 fully saturated rings. The fourth-order valence-corrected chi connectivity index (χ4v) is 2.05. The SMILES string of the molecule is CCNc1cc2oc(=O)cc(CC)c2cc1C. The second-order valence-corrected chi connectivity index (χ2v) is 4.14. The predicted molar refractivity (Wildman–Crippen MR) is 70.8 cm³/mol. The monoisotopic (exact) mass is 231 g/mol. The molecule has 0 atom stereocenters. The summed E-state index contributed by atoms with van der Waals surface area (Å²) in [5, 5.41) is 4.30. The number of aryl methyl sites for hydroxylation is 2. The number of benzene rings is 1. The van der Waals surface area contributed by atoms with Crippen LogP contribution in [0, 0.1) is 6.92 Å². The minimum atomic E-state index is -0.277. The number of fused-ring (bicyclic) bond motifs is 1. The number of anilines is 1. The molecule has 1 heterocycles. The zero-order chi connectivity index (χ0) is 12.4. The summed E-state index contributed by atoms with van der Waals surface area (Å²) < 4.78 is 5.25. The van der Waals surface area contributed by atoms with E-state index in [0.717, 1.165) is 29.6 Å². The van der Waals surface area contributed by atoms with Crippen molar-refractivity contribution in [3.63, 3.8) is 0 Å². The molecule has 0 saturated heterocycles. The molecule has 2 rings (SSSR count). The Morgan fingerprint density at radius 2 is 2.00 bits per heavy atom. The molecule has 0 bridgehead atoms. The highest BCUT2D eigenvalue weighted by molar-refractivity contribution is 5.85. The minimum Gasteiger partial charge on any atom is -0.423 e. The molecule has 3 nitrogen and oxygen atoms in total. The first-order valence-corrected chi connectivity index (χ1v) is 5.97. The highest BCUT2D eigenvalue weighted by Crippen LogP contribution is 2.25. The molecule has 0 spiro atoms. The minimum absolute atomic E-state index is 0.277. The van der Waals surface area contributed by atoms with Gasteiger partial charge in [-0.3, -0.25) is 0 Å². The Balaban J connectivity index is 2.73. The standard InChI is InChI=1S/C14H17NO2/c1-4-10-7-14(16)17-13-8-12(15-5-2)9(3)6-11(10)13/h6-8,15H,4-5H2,1-3H3. The van der Waals surface area contributed by atoms with Gasteiger partial charge in [-0.2, -0.15) is 0 Å². The lowest BCUT2D eigenvalue weighted by Gasteiger charge is -2.10. The van der Waals surface area contributed by atoms with Crippen molar-refractivity contribution < 1.29 is 4.42 Å². The number of hydrogen-bond acceptors (Lipinski definition) is 3. The number of hydrogen-bond donors (Lipinski definition) is 1. The van der Waals surface area contributed by atoms with Crippen LogP contribution in [-0.2, 0) is 6.42 Å². The largest absolute Gasteiger partial charge is 0.423 e. The van der Waals surface area contributed by atoms with Crippen LogP contribution in [0.1, 0.15) is 25.0 Å². The molecule has 17 heavy (non-hydrogen) atoms. The van der Waals surface area contributed by atoms with Gasteiger partial charge in [0.05, 0.1) is 0 Å². The van der Waals surface area contributed by atoms with Crippen molar-refractivity contribution in [1.29, 1.82) is 0 Å². The van der Waals surface area contributed by atoms with Crippen molar-refractivity contribution >= 4 is 16.7 Å². The van der Waals surface area contributed by atoms with Gasteiger partial charge in [-0.05, 0) is 37.5 Å². The summed E-state index contributed by atoms with van der Waals surface area (Å²) in [6.07, 6.45) is 0.835. The highest BCUT2D eigenvalue weighted by atomic mass is 16.4. The second kappa shape index (κ2) is 4.62. The van der Waals surface area contributed by atoms with E-state index in [9.17, 15) is 4.79 Å². The van der Waals surface area contributed by atoms with Crippen LogP contribution in [0.15, 0.2) is 27.4 Å². The predicted octanol–water partition coefficient (Wildman–Crippen LogP) is 3.10. The average Bonchev–Trinajstić information content (AvgIpc) is 2.30. The first-order valence-electron chi connectivity index (χ1n) is 5.97. The van der Waals surface area contributed by atoms with Crippen molar-refractivity contribution in [1.82, 2.24) is 0 Å². The third kappa shape index (κ3) is 2.18. The topological polar surface area (TPSA) is 42.2 Å². The first kappa shape index (κ1) is 11.7. The fraction of sp³-hybridized carbons (Fsp3) is 0.357. The summed E-state index contributed by atoms with van der Waals surface area (Å²) in [6, 6.07) is 5.57. The van der Waals surface area contributed by atoms with Crippen LogP contribution < -0.4 is 10.9 Å². The van der Waals surface area contributed by atoms with Gasteiger partial charge in [-0.15, -0.1) is 0 Å². The smallest absolute Gasteiger partial charge is 0.336 e. The Labute approximate surface area is 100 Å². The molecule has 2 aromatic rings. The molecule has 3 heteroatoms. The summed E-state index contributed by atoms with van der Waals surface area (Å²) in [5.74, 6) is 0. The van der Waals surface area contributed by atoms with Gasteiger partial charge >= 0.3 is 5.63 Å². The lowest BCUT2D eigenvalue weighted by molar-refractivity contribution is 0.559. The van der Waals surface area contributed by atoms with Crippen LogP contribution in [0.4, 0.5) is 5.69 Å². The Morgan fingerprint density at radius 1 is 1.24 bits per heavy atom. The molecule has 90 valence electrons. The molecule has 0 aliphatic heterocycles. The molecular weight excluding hydrogens is 214 g/mol. The van der Waals surface area contributed by atoms with Gasteiger partial charge in [0, 0.05) is 29.8 Å². The van der Waals surface area contributed by atoms with E-state index in [2.05, 4.69) is 18.3 Å². The van der Waals surface area contributed by atoms with E-state index in [4.69, 9.17) is 4.42 Å². The lowest BCUT2D eigenvalue weighted by atomic mass is 10.0. The maximum absolute atomic E-state index is 11.4. The zero-order valence-corrected chi connectivity index (χ0v) is 10.5. The first-order chi connectivity index (χ1) is 8.15. The van der Waals surface area contributed by atoms with Gasteiger partial charge in [0.1, 0.15) is 5.58 Å². The second-order valence-electron chi connectivity index (χ2n) is 4.14. The molecule has 1 aromatic heterocycles. The van der Waals surface area contributed by atoms with E-state index >= 15 is 0 Å². The molecule has 0 amide bonds. The Hall–Kier alpha value is -1.77. The van der Waals surface area contributed by atoms with E-state index in [1.807, 2.05) is 19.9 Å². The van der Waals surface area contributed by atoms with Crippen LogP contribution in [0.25, 0.3) is 11.0 Å². The molecule has 0 aliphatic carbocycles. The summed E-state index contributed by atoms with van der Waals surface area (Å²) in [7, 11) is 0. The van der Waals surface area contributed by atoms with Crippen LogP contribution >= 0.6 is 0 Å². The Bertz CT molecular complexity index is 599. The summed E-state index contributed by atoms with van der Waals surface area (Å²) in [6.45, 7) is 7.00. The molecular formula is C14H17NO2. The van der Waals surface area contributed by atoms with Gasteiger partial charge in [0.25, 0.3) is 0 Å². The van der Waals surface area contributed by atoms with Crippen LogP contribution in [0.3, 0.4) is 0 Å². The molecule has 0 unspecified atom stereocenters. The summed E-state index contributed by atoms with van der Waals surface area (Å²) in [5.41, 5.74) is 3.62. The molecule has 0 saturated carbocycles. The van der Waals surface area contributed by atoms with Gasteiger partial charge < -0.3 is 9.73 Å². The molecule has 0 aliphatic rings. The van der Waals surface area contributed by atoms with Crippen molar-refractivity contribution in [2.75, 3.05) is 11.9 Å². The van der Waals surface area contributed by atoms with E-state index in [1.165, 1.54) is 5.56 Å². The Kier molecular flexibility index (Phi) is 3.18. The van der Waals surface area contributed by atoms with E-state index in [1.54, 1.807) is 6.07 Å². The number of nitrogens with one attached hydrogen (secondary N) is 1. The van der Waals surface area contributed by atoms with Gasteiger partial charge in [-0.1, -0.05) is 6.92 Å². The quantitative estimate of drug-likeness (QED) is 0.825. The van der Waals surface area contributed by atoms with E-state index in [0.29, 0.717) is 5.58 Å². The van der Waals surface area contributed by atoms with Crippen LogP contribution in [-0.4, -0.2) is 6.54 Å². The number of rotatable bonds is 3. The maximum atomic E-state index is 11.4. The van der Waals surface area contributed by atoms with Crippen molar-refractivity contribution in [2.24, 2.45) is 0 Å². The maximum Gasteiger partial charge on any atom is 0.336 e. The van der Waals surface area contributed by atoms with Crippen molar-refractivity contribution in [2.45, 2.75) is 27.2 Å². The average molecular weight is 231 g/mol. The van der Waals surface area contributed by atoms with Crippen molar-refractivity contribution in [3.05, 3.63) is 39.7 Å². The third-order valence-electron chi connectivity index (χ3n) is 2.92. The summed E-state index contributed by atoms with van der Waals surface area (Å²) >= 11 is 0. The molecule has 1 N–H and O–H groups in total. The zero-order valence-electron chi connectivity index (χ0n) is 10.5. The van der Waals surface area contributed by atoms with E-state index < -0.39 is 0 Å². The van der Waals surface area contributed by atoms with Gasteiger partial charge in [0.2, 0.25) is 0 Å². The third-order valence-corrected chi connectivity index (χ3v) is 2.92. The van der Waals surface area contributed by atoms with Crippen LogP contribution in [0.5, 0.6) is 0 Å². The highest BCUT2D eigenvalue weighted by Gasteiger charge is 2.07. The summed E-state index contributed by atoms with van der Waals surface area (Å²) in [4.78, 5) is 11.4. The van der Waals surface area contributed by atoms with Gasteiger partial charge in [0.15, 0.2) is 0 Å². The molecule has 1 aromatic carbocycles.